The van der Waals surface area contributed by atoms with Crippen LogP contribution in [0.3, 0.4) is 0 Å². The molecule has 9 aliphatic rings. The molecule has 0 spiro atoms. The first-order valence-electron chi connectivity index (χ1n) is 39.3. The Morgan fingerprint density at radius 3 is 1.06 bits per heavy atom. The van der Waals surface area contributed by atoms with Gasteiger partial charge in [0.15, 0.2) is 92.2 Å². The Labute approximate surface area is 782 Å². The molecule has 0 saturated carbocycles. The SMILES string of the molecule is C=C1N=C(N)C(F)=CN1[C@@H]1O[C@H](CO)CC1F.Nc1ccn([C@@H]2O[C@H](CO)CC2F)c(=S)n1.O=c1[nH]c(=S)c(F)cn1[C@@H]1O[C@H](CO)CC1F.O=c1[nH]c(=S)ccn1[C@@H]1O[C@H](CO)CC1F.O=c1[nH]c(=S)n([C@@H]2O[C@H](CO)CC2F)cc1F.O=c1ccn([C@@H]2O[C@H](CO)CC2F)c(=S)[nH]1.OC[C@@H]1CC(F)[C@H](n2cc(F)c(=S)[nH]c2=S)O1.OC[C@@H]1CC(F)[C@H](n2ccc(=S)[nH]c2=S)O1. The van der Waals surface area contributed by atoms with E-state index in [2.05, 4.69) is 70.9 Å². The van der Waals surface area contributed by atoms with Crippen LogP contribution in [-0.4, -0.2) is 276 Å². The average Bonchev–Trinajstić information content (AvgIpc) is 1.64. The van der Waals surface area contributed by atoms with Crippen LogP contribution in [0.1, 0.15) is 95.0 Å². The summed E-state index contributed by atoms with van der Waals surface area (Å²) in [5.41, 5.74) is 8.15. The highest BCUT2D eigenvalue weighted by Crippen LogP contribution is 2.38. The summed E-state index contributed by atoms with van der Waals surface area (Å²) in [6.45, 7) is 1.44. The normalized spacial score (nSPS) is 29.7. The molecule has 9 aliphatic heterocycles. The van der Waals surface area contributed by atoms with Crippen molar-refractivity contribution in [3.8, 4) is 0 Å². The summed E-state index contributed by atoms with van der Waals surface area (Å²) < 4.78 is 213. The molecule has 0 bridgehead atoms. The highest BCUT2D eigenvalue weighted by molar-refractivity contribution is 7.72. The largest absolute Gasteiger partial charge is 0.394 e. The van der Waals surface area contributed by atoms with Crippen LogP contribution in [-0.2, 0) is 37.9 Å². The first-order valence-corrected chi connectivity index (χ1v) is 43.0. The number of nitrogens with zero attached hydrogens (tertiary/aromatic N) is 10. The number of alkyl halides is 8. The maximum absolute atomic E-state index is 13.7. The number of ether oxygens (including phenoxy) is 8. The zero-order chi connectivity index (χ0) is 97.1. The molecule has 16 rings (SSSR count). The molecule has 0 aromatic carbocycles. The molecule has 38 nitrogen and oxygen atoms in total. The summed E-state index contributed by atoms with van der Waals surface area (Å²) in [5.74, 6) is -3.26. The molecule has 7 aromatic rings. The molecular formula is C73H88F12N18O20S9. The van der Waals surface area contributed by atoms with Crippen molar-refractivity contribution in [1.29, 1.82) is 0 Å². The molecular weight excluding hydrogens is 1970 g/mol. The van der Waals surface area contributed by atoms with Crippen molar-refractivity contribution in [2.24, 2.45) is 10.7 Å². The summed E-state index contributed by atoms with van der Waals surface area (Å²) in [6.07, 6.45) is -12.8. The van der Waals surface area contributed by atoms with E-state index in [9.17, 15) is 71.9 Å². The second-order valence-electron chi connectivity index (χ2n) is 29.5. The third kappa shape index (κ3) is 28.0. The van der Waals surface area contributed by atoms with Crippen LogP contribution in [0.25, 0.3) is 0 Å². The van der Waals surface area contributed by atoms with Gasteiger partial charge >= 0.3 is 11.4 Å². The fraction of sp³-hybridized carbons (Fsp3) is 0.548. The van der Waals surface area contributed by atoms with Gasteiger partial charge in [0, 0.05) is 94.6 Å². The Hall–Kier alpha value is -8.19. The summed E-state index contributed by atoms with van der Waals surface area (Å²) in [5, 5.41) is 71.0. The number of rotatable bonds is 16. The Morgan fingerprint density at radius 1 is 0.371 bits per heavy atom. The number of hydrogen-bond donors (Lipinski definition) is 16. The Bertz CT molecular complexity index is 5580. The Kier molecular flexibility index (Phi) is 40.3. The molecule has 59 heteroatoms. The summed E-state index contributed by atoms with van der Waals surface area (Å²) in [7, 11) is 0. The minimum atomic E-state index is -1.48. The van der Waals surface area contributed by atoms with E-state index in [1.807, 2.05) is 0 Å². The van der Waals surface area contributed by atoms with E-state index in [0.717, 1.165) is 48.0 Å². The predicted molar refractivity (Wildman–Crippen MR) is 462 cm³/mol. The van der Waals surface area contributed by atoms with Crippen molar-refractivity contribution in [3.63, 3.8) is 0 Å². The lowest BCUT2D eigenvalue weighted by Gasteiger charge is -2.30. The van der Waals surface area contributed by atoms with Gasteiger partial charge in [-0.15, -0.1) is 0 Å². The highest BCUT2D eigenvalue weighted by atomic mass is 32.1. The fourth-order valence-corrected chi connectivity index (χ4v) is 15.7. The number of anilines is 1. The van der Waals surface area contributed by atoms with E-state index >= 15 is 0 Å². The number of amidine groups is 1. The number of nitrogen functional groups attached to an aromatic ring is 1. The highest BCUT2D eigenvalue weighted by Gasteiger charge is 2.45. The monoisotopic (exact) mass is 2050 g/mol. The molecule has 0 amide bonds. The minimum Gasteiger partial charge on any atom is -0.394 e. The van der Waals surface area contributed by atoms with Crippen molar-refractivity contribution in [1.82, 2.24) is 71.8 Å². The maximum Gasteiger partial charge on any atom is 0.328 e. The number of halogens is 12. The summed E-state index contributed by atoms with van der Waals surface area (Å²) in [4.78, 5) is 67.6. The van der Waals surface area contributed by atoms with Crippen molar-refractivity contribution >= 4 is 122 Å². The number of aromatic nitrogens is 14. The number of aliphatic hydroxyl groups excluding tert-OH is 8. The third-order valence-corrected chi connectivity index (χ3v) is 22.7. The van der Waals surface area contributed by atoms with Gasteiger partial charge < -0.3 is 105 Å². The van der Waals surface area contributed by atoms with Crippen molar-refractivity contribution in [2.75, 3.05) is 58.6 Å². The zero-order valence-electron chi connectivity index (χ0n) is 68.1. The molecule has 18 N–H and O–H groups in total. The molecule has 24 atom stereocenters. The minimum absolute atomic E-state index is 0.00366. The van der Waals surface area contributed by atoms with E-state index in [-0.39, 0.29) is 160 Å². The smallest absolute Gasteiger partial charge is 0.328 e. The summed E-state index contributed by atoms with van der Waals surface area (Å²) in [6, 6.07) is 5.88. The molecule has 0 aliphatic carbocycles. The molecule has 728 valence electrons. The van der Waals surface area contributed by atoms with Crippen LogP contribution in [0.4, 0.5) is 58.5 Å². The number of hydrogen-bond acceptors (Lipinski definition) is 34. The second kappa shape index (κ2) is 49.5. The van der Waals surface area contributed by atoms with Crippen LogP contribution in [0.2, 0.25) is 0 Å². The number of H-pyrrole nitrogens is 6. The molecule has 8 saturated heterocycles. The molecule has 16 heterocycles. The molecule has 8 fully saturated rings. The van der Waals surface area contributed by atoms with Crippen LogP contribution in [0.5, 0.6) is 0 Å². The van der Waals surface area contributed by atoms with Crippen LogP contribution >= 0.6 is 110 Å². The first-order chi connectivity index (χ1) is 62.5. The number of nitrogens with two attached hydrogens (primary N) is 2. The Morgan fingerprint density at radius 2 is 0.674 bits per heavy atom. The van der Waals surface area contributed by atoms with Crippen molar-refractivity contribution in [3.05, 3.63) is 194 Å². The topological polar surface area (TPSA) is 514 Å². The van der Waals surface area contributed by atoms with Gasteiger partial charge in [-0.05, 0) is 79.3 Å². The van der Waals surface area contributed by atoms with E-state index < -0.39 is 188 Å². The van der Waals surface area contributed by atoms with Gasteiger partial charge in [0.1, 0.15) is 79.6 Å². The predicted octanol–water partition coefficient (Wildman–Crippen LogP) is 7.50. The fourth-order valence-electron chi connectivity index (χ4n) is 13.7. The first kappa shape index (κ1) is 107. The van der Waals surface area contributed by atoms with E-state index in [1.165, 1.54) is 44.3 Å². The standard InChI is InChI=1S/C10H13F2N3O2.2C9H10F2N2O3S.C9H10F2N2O2S2.C9H12FN3O2S.2C9H11FN2O3S.C9H11FN2O2S2/c1-5-14-9(13)8(12)3-15(5)10-7(11)2-6(4-16)17-10;10-5-1-4(3-14)16-8(5)13-2-6(11)7(17)12-9(13)15;10-5-1-4(3-14)16-8(5)13-2-6(11)7(15)12-9(13)17;10-5-1-4(3-14)15-8(5)13-2-6(11)7(16)12-9(13)17;10-6-3-5(4-14)15-8(6)13-2-1-7(11)12-9(13)16;10-6-3-5(4-13)15-8(6)12-2-1-7(16)11-9(12)14;10-6-3-5(4-13)15-8(6)12-2-1-7(14)11-9(12)16;10-6-3-5(4-13)14-8(6)12-2-1-7(15)11-9(12)16/h3,6-7,10,16H,1-2,4H2,(H2,13,14);2*2,4-5,8,14H,1,3H2,(H,12,15,17);2,4-5,8,14H,1,3H2,(H,12,16,17);1-2,5-6,8,14H,3-4H2,(H2,11,12,16);2*1-2,5-6,8,13H,3-4H2,(H,11,14,16);1-2,5-6,8,13H,3-4H2,(H,11,15,16)/t6-,7?,10+;3*4-,5?,8+;4*5-,6?,8+/m00000000/s1. The van der Waals surface area contributed by atoms with Gasteiger partial charge in [-0.1, -0.05) is 55.5 Å². The quantitative estimate of drug-likeness (QED) is 0.0329. The zero-order valence-corrected chi connectivity index (χ0v) is 75.5. The second-order valence-corrected chi connectivity index (χ2v) is 33.1. The molecule has 7 aromatic heterocycles. The van der Waals surface area contributed by atoms with Gasteiger partial charge in [0.25, 0.3) is 11.1 Å². The average molecular weight is 2050 g/mol. The van der Waals surface area contributed by atoms with Gasteiger partial charge in [0.05, 0.1) is 114 Å². The number of nitrogens with one attached hydrogen (secondary N) is 6. The third-order valence-electron chi connectivity index (χ3n) is 20.1. The van der Waals surface area contributed by atoms with Gasteiger partial charge in [-0.3, -0.25) is 61.5 Å². The van der Waals surface area contributed by atoms with Crippen LogP contribution in [0, 0.1) is 59.9 Å². The molecule has 0 radical (unpaired) electrons. The van der Waals surface area contributed by atoms with Gasteiger partial charge in [-0.25, -0.2) is 67.9 Å². The maximum atomic E-state index is 13.7. The lowest BCUT2D eigenvalue weighted by molar-refractivity contribution is -0.0557. The van der Waals surface area contributed by atoms with Crippen molar-refractivity contribution < 1.29 is 131 Å². The lowest BCUT2D eigenvalue weighted by atomic mass is 10.2. The van der Waals surface area contributed by atoms with E-state index in [4.69, 9.17) is 176 Å². The van der Waals surface area contributed by atoms with Gasteiger partial charge in [0.2, 0.25) is 10.6 Å². The number of aromatic amines is 6. The lowest BCUT2D eigenvalue weighted by Crippen LogP contribution is -2.38. The van der Waals surface area contributed by atoms with Crippen LogP contribution < -0.4 is 34.0 Å². The number of aliphatic imine (C=N–C) groups is 1. The van der Waals surface area contributed by atoms with Crippen LogP contribution in [0.15, 0.2) is 116 Å². The Balaban J connectivity index is 0.000000170. The van der Waals surface area contributed by atoms with Gasteiger partial charge in [-0.2, -0.15) is 4.39 Å². The van der Waals surface area contributed by atoms with Crippen molar-refractivity contribution in [2.45, 2.75) is 199 Å². The molecule has 132 heavy (non-hydrogen) atoms. The molecule has 8 unspecified atom stereocenters. The van der Waals surface area contributed by atoms with E-state index in [1.54, 1.807) is 18.5 Å². The summed E-state index contributed by atoms with van der Waals surface area (Å²) >= 11 is 43.5. The van der Waals surface area contributed by atoms with E-state index in [0.29, 0.717) is 9.41 Å². The number of aliphatic hydroxyl groups is 8.